The van der Waals surface area contributed by atoms with E-state index in [1.54, 1.807) is 0 Å². The molecule has 0 aliphatic rings. The molecule has 1 amide bonds. The minimum Gasteiger partial charge on any atom is -0.481 e. The molecule has 0 fully saturated rings. The van der Waals surface area contributed by atoms with Crippen LogP contribution < -0.4 is 15.7 Å². The predicted octanol–water partition coefficient (Wildman–Crippen LogP) is 2.88. The largest absolute Gasteiger partial charge is 0.481 e. The molecule has 182 valence electrons. The number of halogens is 5. The van der Waals surface area contributed by atoms with Gasteiger partial charge >= 0.3 is 5.69 Å². The molecule has 0 aliphatic carbocycles. The Morgan fingerprint density at radius 2 is 1.94 bits per heavy atom. The van der Waals surface area contributed by atoms with E-state index in [1.165, 1.54) is 26.1 Å². The van der Waals surface area contributed by atoms with E-state index in [0.717, 1.165) is 16.7 Å². The van der Waals surface area contributed by atoms with Crippen molar-refractivity contribution in [3.8, 4) is 11.4 Å². The third-order valence-electron chi connectivity index (χ3n) is 4.91. The Labute approximate surface area is 189 Å². The lowest BCUT2D eigenvalue weighted by molar-refractivity contribution is -0.00159. The maximum atomic E-state index is 15.0. The number of nitrogens with one attached hydrogen (secondary N) is 1. The van der Waals surface area contributed by atoms with Gasteiger partial charge in [0, 0.05) is 13.1 Å². The average molecular weight is 486 g/mol. The summed E-state index contributed by atoms with van der Waals surface area (Å²) in [5, 5.41) is 15.2. The molecule has 2 N–H and O–H groups in total. The van der Waals surface area contributed by atoms with Crippen LogP contribution in [-0.4, -0.2) is 44.6 Å². The summed E-state index contributed by atoms with van der Waals surface area (Å²) in [6.07, 6.45) is -5.62. The molecule has 0 saturated carbocycles. The summed E-state index contributed by atoms with van der Waals surface area (Å²) in [4.78, 5) is 25.2. The summed E-state index contributed by atoms with van der Waals surface area (Å²) in [6, 6.07) is 5.23. The van der Waals surface area contributed by atoms with Crippen molar-refractivity contribution in [2.45, 2.75) is 26.1 Å². The molecule has 0 spiro atoms. The molecule has 3 rings (SSSR count). The molecule has 0 aliphatic heterocycles. The van der Waals surface area contributed by atoms with Crippen molar-refractivity contribution in [1.29, 1.82) is 0 Å². The van der Waals surface area contributed by atoms with E-state index in [1.807, 2.05) is 0 Å². The van der Waals surface area contributed by atoms with Crippen LogP contribution in [0.3, 0.4) is 0 Å². The fourth-order valence-electron chi connectivity index (χ4n) is 3.04. The number of aliphatic hydroxyl groups is 1. The molecule has 1 aromatic heterocycles. The van der Waals surface area contributed by atoms with Crippen LogP contribution >= 0.6 is 0 Å². The lowest BCUT2D eigenvalue weighted by Gasteiger charge is -2.19. The highest BCUT2D eigenvalue weighted by atomic mass is 19.3. The third-order valence-corrected chi connectivity index (χ3v) is 4.91. The number of amides is 1. The first-order chi connectivity index (χ1) is 16.1. The lowest BCUT2D eigenvalue weighted by atomic mass is 10.1. The van der Waals surface area contributed by atoms with Gasteiger partial charge in [0.15, 0.2) is 11.9 Å². The number of rotatable bonds is 8. The Kier molecular flexibility index (Phi) is 7.35. The molecule has 3 aromatic rings. The minimum atomic E-state index is -3.30. The van der Waals surface area contributed by atoms with Crippen molar-refractivity contribution in [3.05, 3.63) is 69.4 Å². The topological polar surface area (TPSA) is 98.4 Å². The Morgan fingerprint density at radius 1 is 1.24 bits per heavy atom. The number of hydrogen-bond acceptors (Lipinski definition) is 5. The van der Waals surface area contributed by atoms with E-state index >= 15 is 0 Å². The second kappa shape index (κ2) is 10.0. The number of benzene rings is 2. The summed E-state index contributed by atoms with van der Waals surface area (Å²) in [5.41, 5.74) is -2.09. The molecular formula is C21H19F5N4O4. The number of aryl methyl sites for hydroxylation is 1. The molecule has 0 unspecified atom stereocenters. The first kappa shape index (κ1) is 24.9. The molecule has 2 aromatic carbocycles. The molecule has 0 saturated heterocycles. The van der Waals surface area contributed by atoms with Gasteiger partial charge in [-0.2, -0.15) is 4.68 Å². The number of aromatic nitrogens is 3. The number of hydrogen-bond donors (Lipinski definition) is 2. The number of ether oxygens (including phenoxy) is 1. The van der Waals surface area contributed by atoms with Crippen molar-refractivity contribution >= 4 is 11.6 Å². The van der Waals surface area contributed by atoms with Gasteiger partial charge in [-0.1, -0.05) is 12.1 Å². The average Bonchev–Trinajstić information content (AvgIpc) is 3.08. The van der Waals surface area contributed by atoms with Gasteiger partial charge in [-0.25, -0.2) is 26.7 Å². The summed E-state index contributed by atoms with van der Waals surface area (Å²) in [7, 11) is 1.25. The van der Waals surface area contributed by atoms with Crippen molar-refractivity contribution in [1.82, 2.24) is 14.3 Å². The smallest absolute Gasteiger partial charge is 0.350 e. The van der Waals surface area contributed by atoms with Crippen molar-refractivity contribution in [3.63, 3.8) is 0 Å². The summed E-state index contributed by atoms with van der Waals surface area (Å²) < 4.78 is 74.9. The molecular weight excluding hydrogens is 467 g/mol. The Morgan fingerprint density at radius 3 is 2.50 bits per heavy atom. The first-order valence-electron chi connectivity index (χ1n) is 9.76. The quantitative estimate of drug-likeness (QED) is 0.478. The first-order valence-corrected chi connectivity index (χ1v) is 9.76. The monoisotopic (exact) mass is 486 g/mol. The Hall–Kier alpha value is -3.74. The summed E-state index contributed by atoms with van der Waals surface area (Å²) >= 11 is 0. The highest BCUT2D eigenvalue weighted by Crippen LogP contribution is 2.29. The molecule has 13 heteroatoms. The second-order valence-electron chi connectivity index (χ2n) is 7.16. The molecule has 0 bridgehead atoms. The zero-order chi connectivity index (χ0) is 25.2. The van der Waals surface area contributed by atoms with Crippen LogP contribution in [-0.2, 0) is 13.7 Å². The van der Waals surface area contributed by atoms with Gasteiger partial charge in [-0.3, -0.25) is 9.36 Å². The number of para-hydroxylation sites is 1. The summed E-state index contributed by atoms with van der Waals surface area (Å²) in [5.74, 6) is -3.98. The minimum absolute atomic E-state index is 0.141. The van der Waals surface area contributed by atoms with Gasteiger partial charge in [-0.05, 0) is 24.6 Å². The van der Waals surface area contributed by atoms with E-state index in [0.29, 0.717) is 16.3 Å². The van der Waals surface area contributed by atoms with Gasteiger partial charge in [0.05, 0.1) is 11.3 Å². The van der Waals surface area contributed by atoms with E-state index < -0.39 is 66.0 Å². The van der Waals surface area contributed by atoms with E-state index in [2.05, 4.69) is 10.4 Å². The van der Waals surface area contributed by atoms with Gasteiger partial charge in [0.2, 0.25) is 0 Å². The van der Waals surface area contributed by atoms with Gasteiger partial charge in [-0.15, -0.1) is 5.10 Å². The number of nitrogens with zero attached hydrogens (tertiary/aromatic N) is 3. The van der Waals surface area contributed by atoms with Gasteiger partial charge in [0.1, 0.15) is 36.4 Å². The van der Waals surface area contributed by atoms with Crippen molar-refractivity contribution in [2.75, 3.05) is 12.0 Å². The maximum Gasteiger partial charge on any atom is 0.350 e. The molecule has 8 nitrogen and oxygen atoms in total. The molecule has 1 atom stereocenters. The number of alkyl halides is 3. The van der Waals surface area contributed by atoms with E-state index in [9.17, 15) is 36.6 Å². The molecule has 34 heavy (non-hydrogen) atoms. The van der Waals surface area contributed by atoms with Crippen LogP contribution in [0.5, 0.6) is 5.75 Å². The third kappa shape index (κ3) is 4.78. The van der Waals surface area contributed by atoms with Crippen LogP contribution in [0.15, 0.2) is 35.1 Å². The molecule has 1 heterocycles. The van der Waals surface area contributed by atoms with Crippen molar-refractivity contribution in [2.24, 2.45) is 7.05 Å². The van der Waals surface area contributed by atoms with Crippen LogP contribution in [0, 0.1) is 18.6 Å². The van der Waals surface area contributed by atoms with E-state index in [4.69, 9.17) is 4.74 Å². The Balaban J connectivity index is 2.14. The van der Waals surface area contributed by atoms with Crippen LogP contribution in [0.1, 0.15) is 21.7 Å². The molecule has 0 radical (unpaired) electrons. The Bertz CT molecular complexity index is 1250. The number of carbonyl (C=O) groups is 1. The van der Waals surface area contributed by atoms with E-state index in [-0.39, 0.29) is 11.5 Å². The second-order valence-corrected chi connectivity index (χ2v) is 7.16. The number of anilines is 1. The fraction of sp³-hybridized carbons (Fsp3) is 0.286. The number of carbonyl (C=O) groups excluding carboxylic acids is 1. The number of aliphatic hydroxyl groups excluding tert-OH is 1. The standard InChI is InChI=1S/C21H19F5N4O4/c1-10-4-3-5-12(23)18(10)27-20(32)11-6-13(24)14(7-15(11)34-16(8-22)19(25)26)30-21(33)29(2)17(9-31)28-30/h3-7,16,19,31H,8-9H2,1-2H3,(H,27,32)/t16-/m0/s1. The summed E-state index contributed by atoms with van der Waals surface area (Å²) in [6.45, 7) is -0.820. The normalized spacial score (nSPS) is 12.1. The van der Waals surface area contributed by atoms with Crippen LogP contribution in [0.25, 0.3) is 5.69 Å². The maximum absolute atomic E-state index is 15.0. The highest BCUT2D eigenvalue weighted by Gasteiger charge is 2.27. The zero-order valence-corrected chi connectivity index (χ0v) is 17.9. The fourth-order valence-corrected chi connectivity index (χ4v) is 3.04. The van der Waals surface area contributed by atoms with Crippen LogP contribution in [0.4, 0.5) is 27.6 Å². The lowest BCUT2D eigenvalue weighted by Crippen LogP contribution is -2.29. The SMILES string of the molecule is Cc1cccc(F)c1NC(=O)c1cc(F)c(-n2nc(CO)n(C)c2=O)cc1O[C@@H](CF)C(F)F. The van der Waals surface area contributed by atoms with Crippen molar-refractivity contribution < 1.29 is 36.6 Å². The predicted molar refractivity (Wildman–Crippen MR) is 110 cm³/mol. The zero-order valence-electron chi connectivity index (χ0n) is 17.9. The van der Waals surface area contributed by atoms with Crippen LogP contribution in [0.2, 0.25) is 0 Å². The van der Waals surface area contributed by atoms with Gasteiger partial charge < -0.3 is 15.2 Å². The van der Waals surface area contributed by atoms with Gasteiger partial charge in [0.25, 0.3) is 12.3 Å². The highest BCUT2D eigenvalue weighted by molar-refractivity contribution is 6.06.